The van der Waals surface area contributed by atoms with Crippen LogP contribution in [0.4, 0.5) is 5.69 Å². The predicted molar refractivity (Wildman–Crippen MR) is 191 cm³/mol. The first-order valence-electron chi connectivity index (χ1n) is 15.7. The Bertz CT molecular complexity index is 2160. The number of piperidine rings is 1. The molecule has 1 aliphatic rings. The molecule has 3 aromatic carbocycles. The quantitative estimate of drug-likeness (QED) is 0.0759. The highest BCUT2D eigenvalue weighted by Crippen LogP contribution is 2.47. The number of rotatable bonds is 11. The van der Waals surface area contributed by atoms with E-state index in [0.29, 0.717) is 36.4 Å². The molecule has 50 heavy (non-hydrogen) atoms. The summed E-state index contributed by atoms with van der Waals surface area (Å²) in [5, 5.41) is 11.5. The maximum atomic E-state index is 13.3. The van der Waals surface area contributed by atoms with Crippen molar-refractivity contribution in [3.63, 3.8) is 0 Å². The summed E-state index contributed by atoms with van der Waals surface area (Å²) >= 11 is 7.73. The molecule has 2 aromatic heterocycles. The number of hydrogen-bond acceptors (Lipinski definition) is 9. The average molecular weight is 734 g/mol. The Hall–Kier alpha value is -4.82. The van der Waals surface area contributed by atoms with Gasteiger partial charge in [-0.3, -0.25) is 14.9 Å². The standard InChI is InChI=1S/C36H32ClN3O8S2/c1-24(41)48-33-32(37)34(49-35(33)36(42)47-22-28-11-5-6-14-31(28)40(43)44)27-13-7-12-26(21-27)30-15-8-18-39(30)29-16-19-38(20-17-29)50(45,46)23-25-9-3-2-4-10-25/h2-15,18,21,29H,16-17,19-20,22-23H2,1H3. The van der Waals surface area contributed by atoms with Gasteiger partial charge in [-0.15, -0.1) is 11.3 Å². The SMILES string of the molecule is CC(=O)Oc1c(C(=O)OCc2ccccc2[N+](=O)[O-])sc(-c2cccc(-c3cccn3C3CCN(S(=O)(=O)Cc4ccccc4)CC3)c2)c1Cl. The molecule has 5 aromatic rings. The summed E-state index contributed by atoms with van der Waals surface area (Å²) in [5.74, 6) is -1.71. The fourth-order valence-corrected chi connectivity index (χ4v) is 9.01. The Morgan fingerprint density at radius 3 is 2.38 bits per heavy atom. The smallest absolute Gasteiger partial charge is 0.352 e. The van der Waals surface area contributed by atoms with Gasteiger partial charge < -0.3 is 14.0 Å². The summed E-state index contributed by atoms with van der Waals surface area (Å²) in [5.41, 5.74) is 3.23. The van der Waals surface area contributed by atoms with Gasteiger partial charge in [0.05, 0.1) is 21.1 Å². The van der Waals surface area contributed by atoms with Gasteiger partial charge in [0.15, 0.2) is 10.6 Å². The van der Waals surface area contributed by atoms with Gasteiger partial charge in [-0.1, -0.05) is 72.3 Å². The molecule has 1 saturated heterocycles. The van der Waals surface area contributed by atoms with Crippen LogP contribution < -0.4 is 4.74 Å². The molecular weight excluding hydrogens is 702 g/mol. The van der Waals surface area contributed by atoms with E-state index in [-0.39, 0.29) is 45.3 Å². The van der Waals surface area contributed by atoms with E-state index in [0.717, 1.165) is 28.2 Å². The van der Waals surface area contributed by atoms with Crippen molar-refractivity contribution in [1.29, 1.82) is 0 Å². The number of thiophene rings is 1. The lowest BCUT2D eigenvalue weighted by molar-refractivity contribution is -0.385. The van der Waals surface area contributed by atoms with Crippen molar-refractivity contribution in [3.8, 4) is 27.4 Å². The van der Waals surface area contributed by atoms with Gasteiger partial charge in [-0.2, -0.15) is 0 Å². The van der Waals surface area contributed by atoms with E-state index in [1.165, 1.54) is 25.1 Å². The third kappa shape index (κ3) is 7.65. The van der Waals surface area contributed by atoms with Crippen LogP contribution in [0.5, 0.6) is 5.75 Å². The van der Waals surface area contributed by atoms with Gasteiger partial charge in [-0.05, 0) is 53.8 Å². The van der Waals surface area contributed by atoms with Crippen molar-refractivity contribution < 1.29 is 32.4 Å². The van der Waals surface area contributed by atoms with E-state index in [9.17, 15) is 28.1 Å². The number of hydrogen-bond donors (Lipinski definition) is 0. The fraction of sp³-hybridized carbons (Fsp3) is 0.222. The Kier molecular flexibility index (Phi) is 10.5. The number of nitro groups is 1. The second-order valence-electron chi connectivity index (χ2n) is 11.7. The summed E-state index contributed by atoms with van der Waals surface area (Å²) in [6, 6.07) is 26.7. The van der Waals surface area contributed by atoms with Crippen molar-refractivity contribution in [2.45, 2.75) is 38.2 Å². The zero-order valence-corrected chi connectivity index (χ0v) is 29.2. The molecule has 0 unspecified atom stereocenters. The van der Waals surface area contributed by atoms with Gasteiger partial charge in [-0.25, -0.2) is 17.5 Å². The molecule has 6 rings (SSSR count). The number of carbonyl (C=O) groups is 2. The van der Waals surface area contributed by atoms with E-state index >= 15 is 0 Å². The average Bonchev–Trinajstić information content (AvgIpc) is 3.73. The maximum Gasteiger partial charge on any atom is 0.352 e. The van der Waals surface area contributed by atoms with E-state index in [4.69, 9.17) is 21.1 Å². The van der Waals surface area contributed by atoms with Gasteiger partial charge in [0.1, 0.15) is 11.6 Å². The lowest BCUT2D eigenvalue weighted by Gasteiger charge is -2.33. The van der Waals surface area contributed by atoms with E-state index in [1.807, 2.05) is 72.9 Å². The summed E-state index contributed by atoms with van der Waals surface area (Å²) in [7, 11) is -3.45. The Labute approximate surface area is 297 Å². The lowest BCUT2D eigenvalue weighted by atomic mass is 10.0. The molecule has 0 saturated carbocycles. The normalized spacial score (nSPS) is 14.0. The van der Waals surface area contributed by atoms with E-state index in [1.54, 1.807) is 10.4 Å². The number of aromatic nitrogens is 1. The number of nitrogens with zero attached hydrogens (tertiary/aromatic N) is 3. The van der Waals surface area contributed by atoms with Gasteiger partial charge in [0.2, 0.25) is 10.0 Å². The topological polar surface area (TPSA) is 138 Å². The van der Waals surface area contributed by atoms with Crippen LogP contribution in [0.25, 0.3) is 21.7 Å². The fourth-order valence-electron chi connectivity index (χ4n) is 6.02. The number of para-hydroxylation sites is 1. The Morgan fingerprint density at radius 1 is 0.960 bits per heavy atom. The van der Waals surface area contributed by atoms with Crippen LogP contribution in [-0.2, 0) is 31.9 Å². The molecule has 1 fully saturated rings. The number of benzene rings is 3. The molecule has 0 atom stereocenters. The zero-order valence-electron chi connectivity index (χ0n) is 26.9. The molecule has 3 heterocycles. The first kappa shape index (κ1) is 35.0. The number of ether oxygens (including phenoxy) is 2. The van der Waals surface area contributed by atoms with Crippen LogP contribution in [0.15, 0.2) is 97.2 Å². The maximum absolute atomic E-state index is 13.3. The second-order valence-corrected chi connectivity index (χ2v) is 15.1. The molecule has 0 bridgehead atoms. The molecule has 258 valence electrons. The van der Waals surface area contributed by atoms with E-state index in [2.05, 4.69) is 4.57 Å². The molecule has 0 radical (unpaired) electrons. The molecule has 0 spiro atoms. The number of halogens is 1. The number of nitro benzene ring substituents is 1. The molecule has 0 amide bonds. The van der Waals surface area contributed by atoms with Crippen LogP contribution in [0.3, 0.4) is 0 Å². The van der Waals surface area contributed by atoms with Crippen LogP contribution in [0.1, 0.15) is 46.6 Å². The highest BCUT2D eigenvalue weighted by atomic mass is 35.5. The largest absolute Gasteiger partial charge is 0.456 e. The summed E-state index contributed by atoms with van der Waals surface area (Å²) < 4.78 is 40.8. The van der Waals surface area contributed by atoms with Gasteiger partial charge in [0.25, 0.3) is 5.69 Å². The molecule has 0 N–H and O–H groups in total. The molecule has 14 heteroatoms. The predicted octanol–water partition coefficient (Wildman–Crippen LogP) is 7.89. The number of esters is 2. The van der Waals surface area contributed by atoms with Crippen molar-refractivity contribution in [3.05, 3.63) is 128 Å². The highest BCUT2D eigenvalue weighted by molar-refractivity contribution is 7.88. The number of sulfonamides is 1. The minimum Gasteiger partial charge on any atom is -0.456 e. The number of carbonyl (C=O) groups excluding carboxylic acids is 2. The monoisotopic (exact) mass is 733 g/mol. The van der Waals surface area contributed by atoms with Crippen molar-refractivity contribution >= 4 is 50.6 Å². The molecular formula is C36H32ClN3O8S2. The van der Waals surface area contributed by atoms with Crippen molar-refractivity contribution in [1.82, 2.24) is 8.87 Å². The third-order valence-corrected chi connectivity index (χ3v) is 11.9. The summed E-state index contributed by atoms with van der Waals surface area (Å²) in [6.07, 6.45) is 3.29. The van der Waals surface area contributed by atoms with Crippen molar-refractivity contribution in [2.75, 3.05) is 13.1 Å². The summed E-state index contributed by atoms with van der Waals surface area (Å²) in [4.78, 5) is 36.5. The Balaban J connectivity index is 1.22. The minimum atomic E-state index is -3.45. The third-order valence-electron chi connectivity index (χ3n) is 8.39. The Morgan fingerprint density at radius 2 is 1.66 bits per heavy atom. The first-order chi connectivity index (χ1) is 24.0. The highest BCUT2D eigenvalue weighted by Gasteiger charge is 2.30. The van der Waals surface area contributed by atoms with Crippen LogP contribution in [-0.4, -0.2) is 47.2 Å². The zero-order chi connectivity index (χ0) is 35.4. The second kappa shape index (κ2) is 15.0. The molecule has 11 nitrogen and oxygen atoms in total. The van der Waals surface area contributed by atoms with E-state index < -0.39 is 26.9 Å². The van der Waals surface area contributed by atoms with Crippen LogP contribution in [0, 0.1) is 10.1 Å². The van der Waals surface area contributed by atoms with Crippen molar-refractivity contribution in [2.24, 2.45) is 0 Å². The lowest BCUT2D eigenvalue weighted by Crippen LogP contribution is -2.39. The minimum absolute atomic E-state index is 0.0283. The molecule has 0 aliphatic carbocycles. The van der Waals surface area contributed by atoms with Crippen LogP contribution in [0.2, 0.25) is 5.02 Å². The van der Waals surface area contributed by atoms with Crippen LogP contribution >= 0.6 is 22.9 Å². The first-order valence-corrected chi connectivity index (χ1v) is 18.5. The molecule has 1 aliphatic heterocycles. The van der Waals surface area contributed by atoms with Gasteiger partial charge in [0, 0.05) is 44.0 Å². The summed E-state index contributed by atoms with van der Waals surface area (Å²) in [6.45, 7) is 1.65. The van der Waals surface area contributed by atoms with Gasteiger partial charge >= 0.3 is 11.9 Å².